The summed E-state index contributed by atoms with van der Waals surface area (Å²) in [7, 11) is 0. The largest absolute Gasteiger partial charge is 0.343 e. The third-order valence-corrected chi connectivity index (χ3v) is 3.42. The summed E-state index contributed by atoms with van der Waals surface area (Å²) < 4.78 is 26.9. The fraction of sp³-hybridized carbons (Fsp3) is 0.0667. The van der Waals surface area contributed by atoms with Crippen molar-refractivity contribution in [3.05, 3.63) is 64.1 Å². The van der Waals surface area contributed by atoms with E-state index in [1.807, 2.05) is 0 Å². The molecule has 2 aromatic carbocycles. The first kappa shape index (κ1) is 16.1. The zero-order valence-electron chi connectivity index (χ0n) is 11.2. The number of anilines is 1. The van der Waals surface area contributed by atoms with Crippen molar-refractivity contribution in [2.45, 2.75) is 0 Å². The molecule has 0 atom stereocenters. The summed E-state index contributed by atoms with van der Waals surface area (Å²) in [5.41, 5.74) is 0.227. The summed E-state index contributed by atoms with van der Waals surface area (Å²) in [5, 5.41) is 4.86. The Balaban J connectivity index is 1.93. The summed E-state index contributed by atoms with van der Waals surface area (Å²) in [4.78, 5) is 23.5. The fourth-order valence-electron chi connectivity index (χ4n) is 1.69. The Morgan fingerprint density at radius 3 is 2.50 bits per heavy atom. The number of halogens is 3. The van der Waals surface area contributed by atoms with Crippen LogP contribution < -0.4 is 10.6 Å². The molecule has 2 amide bonds. The Hall–Kier alpha value is -2.28. The van der Waals surface area contributed by atoms with E-state index in [-0.39, 0.29) is 12.1 Å². The highest BCUT2D eigenvalue weighted by molar-refractivity contribution is 9.10. The highest BCUT2D eigenvalue weighted by Gasteiger charge is 2.13. The number of rotatable bonds is 4. The van der Waals surface area contributed by atoms with E-state index in [0.717, 1.165) is 12.1 Å². The predicted octanol–water partition coefficient (Wildman–Crippen LogP) is 3.10. The van der Waals surface area contributed by atoms with Gasteiger partial charge in [-0.15, -0.1) is 0 Å². The molecule has 22 heavy (non-hydrogen) atoms. The van der Waals surface area contributed by atoms with Crippen LogP contribution in [0, 0.1) is 11.6 Å². The zero-order valence-corrected chi connectivity index (χ0v) is 12.8. The van der Waals surface area contributed by atoms with Crippen molar-refractivity contribution in [2.24, 2.45) is 0 Å². The molecular weight excluding hydrogens is 358 g/mol. The number of benzene rings is 2. The van der Waals surface area contributed by atoms with Crippen LogP contribution in [0.2, 0.25) is 0 Å². The van der Waals surface area contributed by atoms with Crippen LogP contribution in [0.15, 0.2) is 46.9 Å². The maximum Gasteiger partial charge on any atom is 0.254 e. The molecule has 0 aliphatic rings. The predicted molar refractivity (Wildman–Crippen MR) is 81.5 cm³/mol. The second kappa shape index (κ2) is 7.13. The average molecular weight is 369 g/mol. The Morgan fingerprint density at radius 1 is 1.09 bits per heavy atom. The Morgan fingerprint density at radius 2 is 1.82 bits per heavy atom. The normalized spacial score (nSPS) is 10.1. The number of carbonyl (C=O) groups excluding carboxylic acids is 2. The SMILES string of the molecule is O=C(CNC(=O)c1ccc(F)cc1F)Nc1ccccc1Br. The van der Waals surface area contributed by atoms with Gasteiger partial charge in [0.1, 0.15) is 11.6 Å². The molecular formula is C15H11BrF2N2O2. The first-order chi connectivity index (χ1) is 10.5. The Labute approximate surface area is 133 Å². The van der Waals surface area contributed by atoms with Crippen LogP contribution >= 0.6 is 15.9 Å². The van der Waals surface area contributed by atoms with Gasteiger partial charge in [0, 0.05) is 10.5 Å². The molecule has 0 bridgehead atoms. The summed E-state index contributed by atoms with van der Waals surface area (Å²) in [6.45, 7) is -0.336. The molecule has 0 saturated heterocycles. The number of carbonyl (C=O) groups is 2. The summed E-state index contributed by atoms with van der Waals surface area (Å²) >= 11 is 3.27. The minimum atomic E-state index is -0.983. The van der Waals surface area contributed by atoms with Gasteiger partial charge in [0.25, 0.3) is 5.91 Å². The quantitative estimate of drug-likeness (QED) is 0.870. The number of nitrogens with one attached hydrogen (secondary N) is 2. The van der Waals surface area contributed by atoms with Gasteiger partial charge in [-0.1, -0.05) is 12.1 Å². The van der Waals surface area contributed by atoms with Crippen LogP contribution in [0.4, 0.5) is 14.5 Å². The van der Waals surface area contributed by atoms with Crippen molar-refractivity contribution in [3.63, 3.8) is 0 Å². The van der Waals surface area contributed by atoms with E-state index >= 15 is 0 Å². The lowest BCUT2D eigenvalue weighted by Gasteiger charge is -2.08. The Bertz CT molecular complexity index is 722. The third-order valence-electron chi connectivity index (χ3n) is 2.73. The second-order valence-electron chi connectivity index (χ2n) is 4.33. The van der Waals surface area contributed by atoms with Gasteiger partial charge in [-0.2, -0.15) is 0 Å². The summed E-state index contributed by atoms with van der Waals surface area (Å²) in [5.74, 6) is -3.02. The lowest BCUT2D eigenvalue weighted by atomic mass is 10.2. The average Bonchev–Trinajstić information content (AvgIpc) is 2.47. The lowest BCUT2D eigenvalue weighted by molar-refractivity contribution is -0.115. The van der Waals surface area contributed by atoms with Crippen molar-refractivity contribution in [2.75, 3.05) is 11.9 Å². The van der Waals surface area contributed by atoms with Gasteiger partial charge < -0.3 is 10.6 Å². The van der Waals surface area contributed by atoms with Gasteiger partial charge in [0.15, 0.2) is 0 Å². The molecule has 2 aromatic rings. The zero-order chi connectivity index (χ0) is 16.1. The number of hydrogen-bond donors (Lipinski definition) is 2. The molecule has 0 spiro atoms. The van der Waals surface area contributed by atoms with Gasteiger partial charge in [0.05, 0.1) is 17.8 Å². The van der Waals surface area contributed by atoms with E-state index in [2.05, 4.69) is 26.6 Å². The van der Waals surface area contributed by atoms with Gasteiger partial charge in [-0.25, -0.2) is 8.78 Å². The molecule has 0 fully saturated rings. The fourth-order valence-corrected chi connectivity index (χ4v) is 2.07. The highest BCUT2D eigenvalue weighted by Crippen LogP contribution is 2.20. The van der Waals surface area contributed by atoms with Crippen LogP contribution in [-0.2, 0) is 4.79 Å². The minimum Gasteiger partial charge on any atom is -0.343 e. The van der Waals surface area contributed by atoms with Gasteiger partial charge in [-0.05, 0) is 40.2 Å². The maximum absolute atomic E-state index is 13.4. The number of amides is 2. The van der Waals surface area contributed by atoms with E-state index in [9.17, 15) is 18.4 Å². The number of hydrogen-bond acceptors (Lipinski definition) is 2. The number of para-hydroxylation sites is 1. The van der Waals surface area contributed by atoms with Crippen LogP contribution in [0.1, 0.15) is 10.4 Å². The monoisotopic (exact) mass is 368 g/mol. The summed E-state index contributed by atoms with van der Waals surface area (Å²) in [6, 6.07) is 9.57. The van der Waals surface area contributed by atoms with Crippen molar-refractivity contribution in [1.82, 2.24) is 5.32 Å². The smallest absolute Gasteiger partial charge is 0.254 e. The molecule has 0 heterocycles. The molecule has 114 valence electrons. The van der Waals surface area contributed by atoms with E-state index in [4.69, 9.17) is 0 Å². The lowest BCUT2D eigenvalue weighted by Crippen LogP contribution is -2.33. The topological polar surface area (TPSA) is 58.2 Å². The molecule has 0 radical (unpaired) electrons. The molecule has 7 heteroatoms. The van der Waals surface area contributed by atoms with Crippen molar-refractivity contribution in [3.8, 4) is 0 Å². The second-order valence-corrected chi connectivity index (χ2v) is 5.19. The highest BCUT2D eigenvalue weighted by atomic mass is 79.9. The van der Waals surface area contributed by atoms with Crippen LogP contribution in [0.3, 0.4) is 0 Å². The van der Waals surface area contributed by atoms with E-state index < -0.39 is 23.4 Å². The van der Waals surface area contributed by atoms with Gasteiger partial charge >= 0.3 is 0 Å². The molecule has 0 unspecified atom stereocenters. The van der Waals surface area contributed by atoms with Gasteiger partial charge in [0.2, 0.25) is 5.91 Å². The first-order valence-corrected chi connectivity index (χ1v) is 7.04. The van der Waals surface area contributed by atoms with E-state index in [0.29, 0.717) is 16.2 Å². The minimum absolute atomic E-state index is 0.324. The van der Waals surface area contributed by atoms with Crippen LogP contribution in [0.5, 0.6) is 0 Å². The molecule has 0 aliphatic carbocycles. The van der Waals surface area contributed by atoms with Crippen LogP contribution in [0.25, 0.3) is 0 Å². The van der Waals surface area contributed by atoms with Gasteiger partial charge in [-0.3, -0.25) is 9.59 Å². The van der Waals surface area contributed by atoms with E-state index in [1.165, 1.54) is 0 Å². The first-order valence-electron chi connectivity index (χ1n) is 6.25. The van der Waals surface area contributed by atoms with Crippen molar-refractivity contribution >= 4 is 33.4 Å². The molecule has 0 aromatic heterocycles. The molecule has 0 aliphatic heterocycles. The molecule has 2 N–H and O–H groups in total. The summed E-state index contributed by atoms with van der Waals surface area (Å²) in [6.07, 6.45) is 0. The molecule has 4 nitrogen and oxygen atoms in total. The van der Waals surface area contributed by atoms with Crippen molar-refractivity contribution < 1.29 is 18.4 Å². The van der Waals surface area contributed by atoms with Crippen molar-refractivity contribution in [1.29, 1.82) is 0 Å². The van der Waals surface area contributed by atoms with E-state index in [1.54, 1.807) is 24.3 Å². The maximum atomic E-state index is 13.4. The standard InChI is InChI=1S/C15H11BrF2N2O2/c16-11-3-1-2-4-13(11)20-14(21)8-19-15(22)10-6-5-9(17)7-12(10)18/h1-7H,8H2,(H,19,22)(H,20,21). The van der Waals surface area contributed by atoms with Crippen LogP contribution in [-0.4, -0.2) is 18.4 Å². The Kier molecular flexibility index (Phi) is 5.21. The molecule has 2 rings (SSSR count). The third kappa shape index (κ3) is 4.11. The molecule has 0 saturated carbocycles.